The molecule has 8 heteroatoms. The summed E-state index contributed by atoms with van der Waals surface area (Å²) in [7, 11) is 0. The van der Waals surface area contributed by atoms with Crippen molar-refractivity contribution >= 4 is 17.3 Å². The molecule has 0 unspecified atom stereocenters. The SMILES string of the molecule is C/C(=N/NC(=O)Cn1ccccc1=O)c1ccc(N2CCOCC2)c(F)c1. The topological polar surface area (TPSA) is 75.9 Å². The fourth-order valence-electron chi connectivity index (χ4n) is 2.78. The maximum Gasteiger partial charge on any atom is 0.260 e. The van der Waals surface area contributed by atoms with Gasteiger partial charge in [-0.3, -0.25) is 9.59 Å². The summed E-state index contributed by atoms with van der Waals surface area (Å²) in [5, 5.41) is 4.00. The van der Waals surface area contributed by atoms with Gasteiger partial charge in [-0.15, -0.1) is 0 Å². The van der Waals surface area contributed by atoms with Gasteiger partial charge in [-0.2, -0.15) is 5.10 Å². The van der Waals surface area contributed by atoms with Crippen LogP contribution in [0.3, 0.4) is 0 Å². The van der Waals surface area contributed by atoms with E-state index in [9.17, 15) is 14.0 Å². The van der Waals surface area contributed by atoms with Gasteiger partial charge in [-0.05, 0) is 25.1 Å². The number of morpholine rings is 1. The Hall–Kier alpha value is -3.00. The fraction of sp³-hybridized carbons (Fsp3) is 0.316. The van der Waals surface area contributed by atoms with Gasteiger partial charge in [-0.1, -0.05) is 12.1 Å². The Morgan fingerprint density at radius 2 is 2.04 bits per heavy atom. The molecular formula is C19H21FN4O3. The number of hydrazone groups is 1. The van der Waals surface area contributed by atoms with Crippen LogP contribution in [-0.4, -0.2) is 42.5 Å². The van der Waals surface area contributed by atoms with Crippen molar-refractivity contribution in [1.82, 2.24) is 9.99 Å². The molecule has 0 aliphatic carbocycles. The molecule has 1 fully saturated rings. The molecule has 0 radical (unpaired) electrons. The molecule has 1 aromatic heterocycles. The molecule has 1 N–H and O–H groups in total. The van der Waals surface area contributed by atoms with Gasteiger partial charge in [0.25, 0.3) is 11.5 Å². The third-order valence-corrected chi connectivity index (χ3v) is 4.28. The largest absolute Gasteiger partial charge is 0.378 e. The first-order chi connectivity index (χ1) is 13.0. The number of nitrogens with zero attached hydrogens (tertiary/aromatic N) is 3. The Morgan fingerprint density at radius 1 is 1.26 bits per heavy atom. The fourth-order valence-corrected chi connectivity index (χ4v) is 2.78. The van der Waals surface area contributed by atoms with Crippen molar-refractivity contribution in [2.45, 2.75) is 13.5 Å². The summed E-state index contributed by atoms with van der Waals surface area (Å²) in [5.74, 6) is -0.779. The summed E-state index contributed by atoms with van der Waals surface area (Å²) in [6.07, 6.45) is 1.53. The molecule has 1 amide bonds. The first-order valence-corrected chi connectivity index (χ1v) is 8.66. The van der Waals surface area contributed by atoms with Gasteiger partial charge >= 0.3 is 0 Å². The molecule has 2 heterocycles. The van der Waals surface area contributed by atoms with E-state index in [0.717, 1.165) is 0 Å². The lowest BCUT2D eigenvalue weighted by atomic mass is 10.1. The van der Waals surface area contributed by atoms with Crippen LogP contribution < -0.4 is 15.9 Å². The van der Waals surface area contributed by atoms with E-state index in [0.29, 0.717) is 43.3 Å². The smallest absolute Gasteiger partial charge is 0.260 e. The number of amides is 1. The van der Waals surface area contributed by atoms with E-state index in [1.54, 1.807) is 31.2 Å². The molecule has 0 saturated carbocycles. The van der Waals surface area contributed by atoms with Crippen molar-refractivity contribution in [2.75, 3.05) is 31.2 Å². The van der Waals surface area contributed by atoms with Crippen molar-refractivity contribution < 1.29 is 13.9 Å². The Labute approximate surface area is 156 Å². The van der Waals surface area contributed by atoms with Crippen molar-refractivity contribution in [3.05, 3.63) is 64.3 Å². The Kier molecular flexibility index (Phi) is 5.97. The Bertz CT molecular complexity index is 904. The molecule has 2 aromatic rings. The van der Waals surface area contributed by atoms with Crippen LogP contribution in [0.1, 0.15) is 12.5 Å². The highest BCUT2D eigenvalue weighted by atomic mass is 19.1. The molecule has 0 spiro atoms. The second kappa shape index (κ2) is 8.59. The molecular weight excluding hydrogens is 351 g/mol. The maximum atomic E-state index is 14.5. The predicted molar refractivity (Wildman–Crippen MR) is 100 cm³/mol. The summed E-state index contributed by atoms with van der Waals surface area (Å²) in [6, 6.07) is 9.52. The third kappa shape index (κ3) is 4.79. The van der Waals surface area contributed by atoms with Crippen molar-refractivity contribution in [1.29, 1.82) is 0 Å². The first-order valence-electron chi connectivity index (χ1n) is 8.66. The average molecular weight is 372 g/mol. The van der Waals surface area contributed by atoms with E-state index in [2.05, 4.69) is 10.5 Å². The average Bonchev–Trinajstić information content (AvgIpc) is 2.68. The van der Waals surface area contributed by atoms with E-state index in [1.165, 1.54) is 22.9 Å². The summed E-state index contributed by atoms with van der Waals surface area (Å²) in [5.41, 5.74) is 3.69. The van der Waals surface area contributed by atoms with Crippen molar-refractivity contribution in [2.24, 2.45) is 5.10 Å². The Morgan fingerprint density at radius 3 is 2.74 bits per heavy atom. The van der Waals surface area contributed by atoms with Crippen molar-refractivity contribution in [3.63, 3.8) is 0 Å². The highest BCUT2D eigenvalue weighted by molar-refractivity contribution is 5.99. The highest BCUT2D eigenvalue weighted by Gasteiger charge is 2.15. The van der Waals surface area contributed by atoms with Gasteiger partial charge in [0.1, 0.15) is 12.4 Å². The lowest BCUT2D eigenvalue weighted by molar-refractivity contribution is -0.121. The number of ether oxygens (including phenoxy) is 1. The van der Waals surface area contributed by atoms with Crippen LogP contribution in [0.5, 0.6) is 0 Å². The maximum absolute atomic E-state index is 14.5. The zero-order valence-corrected chi connectivity index (χ0v) is 15.0. The molecule has 27 heavy (non-hydrogen) atoms. The van der Waals surface area contributed by atoms with Gasteiger partial charge in [0.15, 0.2) is 0 Å². The summed E-state index contributed by atoms with van der Waals surface area (Å²) in [6.45, 7) is 4.01. The number of carbonyl (C=O) groups excluding carboxylic acids is 1. The van der Waals surface area contributed by atoms with Crippen LogP contribution in [0.25, 0.3) is 0 Å². The quantitative estimate of drug-likeness (QED) is 0.635. The van der Waals surface area contributed by atoms with Crippen LogP contribution in [0.15, 0.2) is 52.5 Å². The molecule has 0 atom stereocenters. The molecule has 1 aromatic carbocycles. The van der Waals surface area contributed by atoms with E-state index in [4.69, 9.17) is 4.74 Å². The zero-order valence-electron chi connectivity index (χ0n) is 15.0. The number of rotatable bonds is 5. The van der Waals surface area contributed by atoms with Gasteiger partial charge < -0.3 is 14.2 Å². The normalized spacial score (nSPS) is 14.9. The molecule has 1 aliphatic rings. The van der Waals surface area contributed by atoms with E-state index in [1.807, 2.05) is 4.90 Å². The number of carbonyl (C=O) groups is 1. The molecule has 142 valence electrons. The molecule has 7 nitrogen and oxygen atoms in total. The standard InChI is InChI=1S/C19H21FN4O3/c1-14(21-22-18(25)13-24-7-3-2-4-19(24)26)15-5-6-17(16(20)12-15)23-8-10-27-11-9-23/h2-7,12H,8-11,13H2,1H3,(H,22,25)/b21-14-. The van der Waals surface area contributed by atoms with Gasteiger partial charge in [-0.25, -0.2) is 9.82 Å². The monoisotopic (exact) mass is 372 g/mol. The number of halogens is 1. The molecule has 1 aliphatic heterocycles. The zero-order chi connectivity index (χ0) is 19.2. The minimum atomic E-state index is -0.437. The Balaban J connectivity index is 1.65. The van der Waals surface area contributed by atoms with Crippen LogP contribution in [0.2, 0.25) is 0 Å². The number of pyridine rings is 1. The minimum absolute atomic E-state index is 0.138. The molecule has 0 bridgehead atoms. The number of benzene rings is 1. The lowest BCUT2D eigenvalue weighted by Gasteiger charge is -2.29. The van der Waals surface area contributed by atoms with Gasteiger partial charge in [0.05, 0.1) is 24.6 Å². The number of nitrogens with one attached hydrogen (secondary N) is 1. The highest BCUT2D eigenvalue weighted by Crippen LogP contribution is 2.21. The lowest BCUT2D eigenvalue weighted by Crippen LogP contribution is -2.36. The third-order valence-electron chi connectivity index (χ3n) is 4.28. The summed E-state index contributed by atoms with van der Waals surface area (Å²) in [4.78, 5) is 25.5. The second-order valence-corrected chi connectivity index (χ2v) is 6.16. The number of hydrogen-bond donors (Lipinski definition) is 1. The summed E-state index contributed by atoms with van der Waals surface area (Å²) < 4.78 is 21.0. The first kappa shape index (κ1) is 18.8. The van der Waals surface area contributed by atoms with Crippen LogP contribution >= 0.6 is 0 Å². The van der Waals surface area contributed by atoms with E-state index < -0.39 is 5.91 Å². The van der Waals surface area contributed by atoms with Crippen molar-refractivity contribution in [3.8, 4) is 0 Å². The van der Waals surface area contributed by atoms with Gasteiger partial charge in [0.2, 0.25) is 0 Å². The number of anilines is 1. The van der Waals surface area contributed by atoms with Crippen LogP contribution in [0, 0.1) is 5.82 Å². The molecule has 3 rings (SSSR count). The van der Waals surface area contributed by atoms with Crippen LogP contribution in [0.4, 0.5) is 10.1 Å². The van der Waals surface area contributed by atoms with E-state index in [-0.39, 0.29) is 17.9 Å². The second-order valence-electron chi connectivity index (χ2n) is 6.16. The number of hydrogen-bond acceptors (Lipinski definition) is 5. The van der Waals surface area contributed by atoms with Gasteiger partial charge in [0, 0.05) is 30.9 Å². The van der Waals surface area contributed by atoms with E-state index >= 15 is 0 Å². The summed E-state index contributed by atoms with van der Waals surface area (Å²) >= 11 is 0. The molecule has 1 saturated heterocycles. The minimum Gasteiger partial charge on any atom is -0.378 e. The number of aromatic nitrogens is 1. The predicted octanol–water partition coefficient (Wildman–Crippen LogP) is 1.36. The van der Waals surface area contributed by atoms with Crippen LogP contribution in [-0.2, 0) is 16.1 Å².